The Bertz CT molecular complexity index is 499. The summed E-state index contributed by atoms with van der Waals surface area (Å²) in [5.41, 5.74) is -1.50. The summed E-state index contributed by atoms with van der Waals surface area (Å²) in [6.07, 6.45) is 0. The van der Waals surface area contributed by atoms with Crippen LogP contribution in [-0.4, -0.2) is 29.7 Å². The lowest BCUT2D eigenvalue weighted by Crippen LogP contribution is -2.54. The van der Waals surface area contributed by atoms with Crippen LogP contribution < -0.4 is 14.8 Å². The number of methoxy groups -OCH3 is 1. The van der Waals surface area contributed by atoms with E-state index in [1.165, 1.54) is 14.0 Å². The predicted octanol–water partition coefficient (Wildman–Crippen LogP) is 0.869. The molecule has 6 heteroatoms. The molecule has 0 saturated heterocycles. The third kappa shape index (κ3) is 1.67. The molecule has 0 radical (unpaired) electrons. The number of hydrogen-bond acceptors (Lipinski definition) is 4. The van der Waals surface area contributed by atoms with E-state index in [9.17, 15) is 9.59 Å². The molecule has 1 aliphatic rings. The average molecular weight is 237 g/mol. The van der Waals surface area contributed by atoms with Crippen LogP contribution in [0.2, 0.25) is 0 Å². The van der Waals surface area contributed by atoms with Crippen LogP contribution in [0.4, 0.5) is 5.69 Å². The highest BCUT2D eigenvalue weighted by atomic mass is 16.5. The molecule has 6 nitrogen and oxygen atoms in total. The van der Waals surface area contributed by atoms with E-state index in [1.54, 1.807) is 18.2 Å². The molecule has 0 aliphatic carbocycles. The van der Waals surface area contributed by atoms with Gasteiger partial charge in [-0.15, -0.1) is 0 Å². The molecular formula is C11H11NO5. The van der Waals surface area contributed by atoms with Crippen LogP contribution in [0.3, 0.4) is 0 Å². The van der Waals surface area contributed by atoms with Crippen molar-refractivity contribution in [2.24, 2.45) is 0 Å². The summed E-state index contributed by atoms with van der Waals surface area (Å²) in [6, 6.07) is 4.74. The molecule has 1 atom stereocenters. The number of anilines is 1. The zero-order chi connectivity index (χ0) is 12.6. The number of carbonyl (C=O) groups is 2. The van der Waals surface area contributed by atoms with Crippen molar-refractivity contribution >= 4 is 17.6 Å². The van der Waals surface area contributed by atoms with E-state index in [0.29, 0.717) is 17.2 Å². The van der Waals surface area contributed by atoms with Crippen molar-refractivity contribution in [1.29, 1.82) is 0 Å². The maximum atomic E-state index is 11.7. The maximum absolute atomic E-state index is 11.7. The third-order valence-corrected chi connectivity index (χ3v) is 2.59. The molecule has 1 amide bonds. The number of benzene rings is 1. The number of carboxylic acids is 1. The van der Waals surface area contributed by atoms with Gasteiger partial charge in [-0.05, 0) is 19.1 Å². The number of ether oxygens (including phenoxy) is 2. The van der Waals surface area contributed by atoms with Crippen LogP contribution in [0.1, 0.15) is 6.92 Å². The highest BCUT2D eigenvalue weighted by Crippen LogP contribution is 2.36. The molecule has 1 aromatic rings. The predicted molar refractivity (Wildman–Crippen MR) is 58.3 cm³/mol. The standard InChI is InChI=1S/C11H11NO5/c1-11(10(14)15)9(13)12-7-5-6(16-2)3-4-8(7)17-11/h3-5H,1-2H3,(H,12,13)(H,14,15)/t11-/m0/s1. The molecule has 1 aromatic carbocycles. The molecule has 17 heavy (non-hydrogen) atoms. The second kappa shape index (κ2) is 3.65. The van der Waals surface area contributed by atoms with Gasteiger partial charge in [0.2, 0.25) is 0 Å². The Morgan fingerprint density at radius 2 is 2.24 bits per heavy atom. The lowest BCUT2D eigenvalue weighted by Gasteiger charge is -2.31. The SMILES string of the molecule is COc1ccc2c(c1)NC(=O)[C@@](C)(C(=O)O)O2. The van der Waals surface area contributed by atoms with Gasteiger partial charge in [-0.1, -0.05) is 0 Å². The highest BCUT2D eigenvalue weighted by molar-refractivity contribution is 6.13. The molecule has 1 aliphatic heterocycles. The Balaban J connectivity index is 2.43. The largest absolute Gasteiger partial charge is 0.497 e. The van der Waals surface area contributed by atoms with Crippen molar-refractivity contribution in [3.63, 3.8) is 0 Å². The molecule has 90 valence electrons. The minimum atomic E-state index is -1.90. The van der Waals surface area contributed by atoms with E-state index in [1.807, 2.05) is 0 Å². The average Bonchev–Trinajstić information content (AvgIpc) is 2.30. The normalized spacial score (nSPS) is 22.1. The van der Waals surface area contributed by atoms with Crippen LogP contribution in [-0.2, 0) is 9.59 Å². The smallest absolute Gasteiger partial charge is 0.357 e. The Morgan fingerprint density at radius 3 is 2.82 bits per heavy atom. The molecule has 1 heterocycles. The van der Waals surface area contributed by atoms with E-state index in [0.717, 1.165) is 0 Å². The van der Waals surface area contributed by atoms with Crippen LogP contribution >= 0.6 is 0 Å². The minimum absolute atomic E-state index is 0.301. The van der Waals surface area contributed by atoms with Crippen LogP contribution in [0.5, 0.6) is 11.5 Å². The van der Waals surface area contributed by atoms with Gasteiger partial charge in [0.1, 0.15) is 11.5 Å². The van der Waals surface area contributed by atoms with E-state index in [4.69, 9.17) is 14.6 Å². The first kappa shape index (κ1) is 11.3. The van der Waals surface area contributed by atoms with Crippen molar-refractivity contribution in [1.82, 2.24) is 0 Å². The zero-order valence-electron chi connectivity index (χ0n) is 9.31. The monoisotopic (exact) mass is 237 g/mol. The summed E-state index contributed by atoms with van der Waals surface area (Å²) in [5.74, 6) is -1.20. The van der Waals surface area contributed by atoms with E-state index < -0.39 is 17.5 Å². The quantitative estimate of drug-likeness (QED) is 0.745. The first-order valence-electron chi connectivity index (χ1n) is 4.89. The zero-order valence-corrected chi connectivity index (χ0v) is 9.31. The Hall–Kier alpha value is -2.24. The Kier molecular flexibility index (Phi) is 2.42. The lowest BCUT2D eigenvalue weighted by atomic mass is 10.0. The second-order valence-electron chi connectivity index (χ2n) is 3.76. The van der Waals surface area contributed by atoms with Gasteiger partial charge in [0.25, 0.3) is 11.5 Å². The van der Waals surface area contributed by atoms with Crippen molar-refractivity contribution in [3.05, 3.63) is 18.2 Å². The number of rotatable bonds is 2. The van der Waals surface area contributed by atoms with Crippen LogP contribution in [0.25, 0.3) is 0 Å². The van der Waals surface area contributed by atoms with Gasteiger partial charge >= 0.3 is 5.97 Å². The molecule has 0 saturated carbocycles. The summed E-state index contributed by atoms with van der Waals surface area (Å²) >= 11 is 0. The third-order valence-electron chi connectivity index (χ3n) is 2.59. The molecule has 0 bridgehead atoms. The maximum Gasteiger partial charge on any atom is 0.357 e. The van der Waals surface area contributed by atoms with Gasteiger partial charge in [-0.3, -0.25) is 4.79 Å². The summed E-state index contributed by atoms with van der Waals surface area (Å²) in [6.45, 7) is 1.21. The number of nitrogens with one attached hydrogen (secondary N) is 1. The molecule has 0 aromatic heterocycles. The van der Waals surface area contributed by atoms with Crippen molar-refractivity contribution in [2.45, 2.75) is 12.5 Å². The molecule has 2 rings (SSSR count). The fraction of sp³-hybridized carbons (Fsp3) is 0.273. The summed E-state index contributed by atoms with van der Waals surface area (Å²) in [7, 11) is 1.49. The van der Waals surface area contributed by atoms with Gasteiger partial charge in [0, 0.05) is 6.07 Å². The molecule has 0 spiro atoms. The topological polar surface area (TPSA) is 84.9 Å². The second-order valence-corrected chi connectivity index (χ2v) is 3.76. The van der Waals surface area contributed by atoms with E-state index >= 15 is 0 Å². The van der Waals surface area contributed by atoms with Gasteiger partial charge in [-0.25, -0.2) is 4.79 Å². The Labute approximate surface area is 97.1 Å². The van der Waals surface area contributed by atoms with Gasteiger partial charge in [0.05, 0.1) is 12.8 Å². The van der Waals surface area contributed by atoms with Crippen LogP contribution in [0, 0.1) is 0 Å². The molecule has 0 fully saturated rings. The summed E-state index contributed by atoms with van der Waals surface area (Å²) in [5, 5.41) is 11.5. The molecular weight excluding hydrogens is 226 g/mol. The Morgan fingerprint density at radius 1 is 1.53 bits per heavy atom. The number of aliphatic carboxylic acids is 1. The molecule has 2 N–H and O–H groups in total. The van der Waals surface area contributed by atoms with Gasteiger partial charge in [-0.2, -0.15) is 0 Å². The lowest BCUT2D eigenvalue weighted by molar-refractivity contribution is -0.159. The number of hydrogen-bond donors (Lipinski definition) is 2. The van der Waals surface area contributed by atoms with Gasteiger partial charge < -0.3 is 19.9 Å². The van der Waals surface area contributed by atoms with Crippen LogP contribution in [0.15, 0.2) is 18.2 Å². The minimum Gasteiger partial charge on any atom is -0.497 e. The number of amides is 1. The molecule has 0 unspecified atom stereocenters. The summed E-state index contributed by atoms with van der Waals surface area (Å²) in [4.78, 5) is 22.7. The van der Waals surface area contributed by atoms with Gasteiger partial charge in [0.15, 0.2) is 0 Å². The van der Waals surface area contributed by atoms with Crippen molar-refractivity contribution in [2.75, 3.05) is 12.4 Å². The van der Waals surface area contributed by atoms with Crippen molar-refractivity contribution in [3.8, 4) is 11.5 Å². The highest BCUT2D eigenvalue weighted by Gasteiger charge is 2.47. The van der Waals surface area contributed by atoms with E-state index in [2.05, 4.69) is 5.32 Å². The number of fused-ring (bicyclic) bond motifs is 1. The number of carboxylic acid groups (broad SMARTS) is 1. The first-order valence-corrected chi connectivity index (χ1v) is 4.89. The summed E-state index contributed by atoms with van der Waals surface area (Å²) < 4.78 is 10.2. The van der Waals surface area contributed by atoms with Crippen molar-refractivity contribution < 1.29 is 24.2 Å². The fourth-order valence-corrected chi connectivity index (χ4v) is 1.47. The van der Waals surface area contributed by atoms with E-state index in [-0.39, 0.29) is 0 Å². The number of carbonyl (C=O) groups excluding carboxylic acids is 1. The fourth-order valence-electron chi connectivity index (χ4n) is 1.47. The first-order chi connectivity index (χ1) is 7.97.